The molecule has 1 aliphatic carbocycles. The second-order valence-electron chi connectivity index (χ2n) is 16.8. The molecule has 0 aromatic carbocycles. The van der Waals surface area contributed by atoms with Gasteiger partial charge in [0.05, 0.1) is 30.5 Å². The first kappa shape index (κ1) is 48.3. The molecule has 2 heterocycles. The summed E-state index contributed by atoms with van der Waals surface area (Å²) in [4.78, 5) is 69.9. The molecule has 0 radical (unpaired) electrons. The third-order valence-corrected chi connectivity index (χ3v) is 12.3. The smallest absolute Gasteiger partial charge is 0.329 e. The molecule has 3 aliphatic rings. The summed E-state index contributed by atoms with van der Waals surface area (Å²) in [6.45, 7) is 12.9. The van der Waals surface area contributed by atoms with E-state index in [0.29, 0.717) is 56.9 Å². The molecule has 1 saturated carbocycles. The summed E-state index contributed by atoms with van der Waals surface area (Å²) in [7, 11) is 4.42. The molecule has 322 valence electrons. The first-order valence-corrected chi connectivity index (χ1v) is 20.7. The number of fused-ring (bicyclic) bond motifs is 1. The van der Waals surface area contributed by atoms with E-state index in [0.717, 1.165) is 10.5 Å². The molecule has 2 aliphatic heterocycles. The van der Waals surface area contributed by atoms with Crippen molar-refractivity contribution in [3.8, 4) is 0 Å². The number of esters is 1. The largest absolute Gasteiger partial charge is 0.456 e. The monoisotopic (exact) mass is 803 g/mol. The number of methoxy groups -OCH3 is 3. The fourth-order valence-corrected chi connectivity index (χ4v) is 8.82. The number of aliphatic hydroxyl groups is 3. The molecule has 0 aromatic heterocycles. The second kappa shape index (κ2) is 22.9. The first-order valence-electron chi connectivity index (χ1n) is 20.7. The number of carbonyl (C=O) groups excluding carboxylic acids is 5. The second-order valence-corrected chi connectivity index (χ2v) is 16.8. The standard InChI is InChI=1S/C44H69NO12/c1-10-13-31-19-25(2)18-26(3)20-37(55-8)40(50)38(56-9)22-27(4)39(49)41(51)43(52)45-17-12-11-14-32(45)44(53)57-42(29(6)34(47)24-35(31)48)28(5)21-30-15-16-33(46)36(23-30)54-7/h10,19,21,26-27,29-34,36-38,40,42,46-47,50H,1,11-18,20,22-24H2,2-9H3/b25-19?,28-21+/t26-,27+,29+,30-,31+,32-,33+,34-,36+,37-,38-,40+,42+/m0/s1. The van der Waals surface area contributed by atoms with Crippen LogP contribution in [0.25, 0.3) is 0 Å². The number of nitrogens with zero attached hydrogens (tertiary/aromatic N) is 1. The molecule has 1 saturated heterocycles. The van der Waals surface area contributed by atoms with Gasteiger partial charge < -0.3 is 39.2 Å². The van der Waals surface area contributed by atoms with E-state index in [2.05, 4.69) is 6.58 Å². The fourth-order valence-electron chi connectivity index (χ4n) is 8.82. The number of allylic oxidation sites excluding steroid dienone is 4. The van der Waals surface area contributed by atoms with Crippen molar-refractivity contribution in [2.24, 2.45) is 29.6 Å². The maximum atomic E-state index is 14.2. The van der Waals surface area contributed by atoms with Gasteiger partial charge >= 0.3 is 5.97 Å². The summed E-state index contributed by atoms with van der Waals surface area (Å²) in [5, 5.41) is 33.4. The topological polar surface area (TPSA) is 186 Å². The Hall–Kier alpha value is -3.07. The van der Waals surface area contributed by atoms with E-state index in [4.69, 9.17) is 18.9 Å². The SMILES string of the molecule is C=CC[C@@H]1C=C(C)C[C@H](C)C[C@H](OC)[C@@H](O)[C@@H](OC)C[C@@H](C)C(=O)C(=O)C(=O)N2CCCC[C@H]2C(=O)O[C@H](/C(C)=C/[C@@H]2CC[C@@H](O)[C@H](OC)C2)[C@H](C)[C@@H](O)CC1=O. The van der Waals surface area contributed by atoms with Crippen molar-refractivity contribution in [3.63, 3.8) is 0 Å². The Morgan fingerprint density at radius 3 is 2.16 bits per heavy atom. The summed E-state index contributed by atoms with van der Waals surface area (Å²) >= 11 is 0. The maximum Gasteiger partial charge on any atom is 0.329 e. The van der Waals surface area contributed by atoms with E-state index >= 15 is 0 Å². The molecule has 13 atom stereocenters. The lowest BCUT2D eigenvalue weighted by atomic mass is 9.81. The zero-order valence-corrected chi connectivity index (χ0v) is 35.4. The first-order chi connectivity index (χ1) is 27.0. The van der Waals surface area contributed by atoms with Crippen molar-refractivity contribution in [3.05, 3.63) is 36.0 Å². The molecule has 3 N–H and O–H groups in total. The molecule has 0 bridgehead atoms. The molecule has 1 amide bonds. The van der Waals surface area contributed by atoms with E-state index in [-0.39, 0.29) is 49.5 Å². The zero-order chi connectivity index (χ0) is 42.6. The number of cyclic esters (lactones) is 1. The molecule has 13 nitrogen and oxygen atoms in total. The van der Waals surface area contributed by atoms with Gasteiger partial charge in [-0.25, -0.2) is 4.79 Å². The average Bonchev–Trinajstić information content (AvgIpc) is 3.19. The van der Waals surface area contributed by atoms with Crippen LogP contribution in [0.15, 0.2) is 36.0 Å². The van der Waals surface area contributed by atoms with Gasteiger partial charge in [0, 0.05) is 52.0 Å². The predicted molar refractivity (Wildman–Crippen MR) is 214 cm³/mol. The maximum absolute atomic E-state index is 14.2. The van der Waals surface area contributed by atoms with E-state index in [1.807, 2.05) is 26.0 Å². The lowest BCUT2D eigenvalue weighted by molar-refractivity contribution is -0.165. The molecular weight excluding hydrogens is 734 g/mol. The molecule has 2 fully saturated rings. The van der Waals surface area contributed by atoms with Gasteiger partial charge in [0.2, 0.25) is 5.78 Å². The van der Waals surface area contributed by atoms with Crippen LogP contribution in [0.3, 0.4) is 0 Å². The van der Waals surface area contributed by atoms with Gasteiger partial charge in [-0.05, 0) is 95.5 Å². The van der Waals surface area contributed by atoms with Crippen LogP contribution in [0, 0.1) is 29.6 Å². The molecule has 13 heteroatoms. The number of hydrogen-bond donors (Lipinski definition) is 3. The Kier molecular flexibility index (Phi) is 19.4. The Morgan fingerprint density at radius 2 is 1.53 bits per heavy atom. The van der Waals surface area contributed by atoms with Gasteiger partial charge in [0.1, 0.15) is 24.0 Å². The van der Waals surface area contributed by atoms with Crippen LogP contribution in [0.2, 0.25) is 0 Å². The number of hydrogen-bond acceptors (Lipinski definition) is 12. The van der Waals surface area contributed by atoms with Crippen LogP contribution in [-0.2, 0) is 42.9 Å². The number of ketones is 3. The summed E-state index contributed by atoms with van der Waals surface area (Å²) in [5.41, 5.74) is 1.57. The highest BCUT2D eigenvalue weighted by atomic mass is 16.5. The Labute approximate surface area is 339 Å². The van der Waals surface area contributed by atoms with Gasteiger partial charge in [-0.1, -0.05) is 44.6 Å². The molecule has 0 unspecified atom stereocenters. The number of carbonyl (C=O) groups is 5. The lowest BCUT2D eigenvalue weighted by Crippen LogP contribution is -2.53. The van der Waals surface area contributed by atoms with Crippen molar-refractivity contribution in [2.45, 2.75) is 154 Å². The minimum absolute atomic E-state index is 0.00222. The molecule has 57 heavy (non-hydrogen) atoms. The van der Waals surface area contributed by atoms with Gasteiger partial charge in [-0.3, -0.25) is 19.2 Å². The van der Waals surface area contributed by atoms with Crippen molar-refractivity contribution < 1.29 is 58.2 Å². The van der Waals surface area contributed by atoms with Crippen LogP contribution < -0.4 is 0 Å². The van der Waals surface area contributed by atoms with Crippen LogP contribution in [-0.4, -0.2) is 126 Å². The van der Waals surface area contributed by atoms with Crippen molar-refractivity contribution in [2.75, 3.05) is 27.9 Å². The highest BCUT2D eigenvalue weighted by Gasteiger charge is 2.42. The van der Waals surface area contributed by atoms with Crippen LogP contribution in [0.4, 0.5) is 0 Å². The highest BCUT2D eigenvalue weighted by molar-refractivity contribution is 6.63. The summed E-state index contributed by atoms with van der Waals surface area (Å²) in [5.74, 6) is -6.64. The molecule has 0 spiro atoms. The Balaban J connectivity index is 2.07. The highest BCUT2D eigenvalue weighted by Crippen LogP contribution is 2.33. The zero-order valence-electron chi connectivity index (χ0n) is 35.4. The quantitative estimate of drug-likeness (QED) is 0.187. The number of amides is 1. The number of aliphatic hydroxyl groups excluding tert-OH is 3. The van der Waals surface area contributed by atoms with Crippen molar-refractivity contribution in [1.82, 2.24) is 4.90 Å². The lowest BCUT2D eigenvalue weighted by Gasteiger charge is -2.36. The summed E-state index contributed by atoms with van der Waals surface area (Å²) in [6, 6.07) is -1.16. The number of piperidine rings is 1. The fraction of sp³-hybridized carbons (Fsp3) is 0.750. The van der Waals surface area contributed by atoms with E-state index in [1.54, 1.807) is 27.0 Å². The number of Topliss-reactive ketones (excluding diaryl/α,β-unsaturated/α-hetero) is 3. The molecule has 0 aromatic rings. The van der Waals surface area contributed by atoms with Gasteiger partial charge in [0.25, 0.3) is 11.7 Å². The van der Waals surface area contributed by atoms with Crippen molar-refractivity contribution in [1.29, 1.82) is 0 Å². The Bertz CT molecular complexity index is 1460. The van der Waals surface area contributed by atoms with E-state index < -0.39 is 83.9 Å². The molecular formula is C44H69NO12. The Morgan fingerprint density at radius 1 is 0.877 bits per heavy atom. The normalized spacial score (nSPS) is 36.9. The minimum atomic E-state index is -1.26. The third kappa shape index (κ3) is 13.2. The van der Waals surface area contributed by atoms with Crippen LogP contribution in [0.1, 0.15) is 105 Å². The number of ether oxygens (including phenoxy) is 4. The predicted octanol–water partition coefficient (Wildman–Crippen LogP) is 4.48. The number of rotatable bonds is 7. The molecule has 3 rings (SSSR count). The van der Waals surface area contributed by atoms with Crippen LogP contribution >= 0.6 is 0 Å². The summed E-state index contributed by atoms with van der Waals surface area (Å²) in [6.07, 6.45) is 3.68. The van der Waals surface area contributed by atoms with Gasteiger partial charge in [0.15, 0.2) is 0 Å². The van der Waals surface area contributed by atoms with Crippen molar-refractivity contribution >= 4 is 29.2 Å². The van der Waals surface area contributed by atoms with Crippen LogP contribution in [0.5, 0.6) is 0 Å². The van der Waals surface area contributed by atoms with Gasteiger partial charge in [-0.15, -0.1) is 6.58 Å². The minimum Gasteiger partial charge on any atom is -0.456 e. The van der Waals surface area contributed by atoms with E-state index in [1.165, 1.54) is 21.1 Å². The average molecular weight is 804 g/mol. The van der Waals surface area contributed by atoms with Gasteiger partial charge in [-0.2, -0.15) is 0 Å². The van der Waals surface area contributed by atoms with E-state index in [9.17, 15) is 39.3 Å². The third-order valence-electron chi connectivity index (χ3n) is 12.3. The summed E-state index contributed by atoms with van der Waals surface area (Å²) < 4.78 is 23.0.